The number of rotatable bonds is 6. The van der Waals surface area contributed by atoms with Crippen molar-refractivity contribution in [3.05, 3.63) is 29.8 Å². The van der Waals surface area contributed by atoms with Crippen LogP contribution in [0.15, 0.2) is 24.3 Å². The second-order valence-corrected chi connectivity index (χ2v) is 4.87. The van der Waals surface area contributed by atoms with Gasteiger partial charge in [0.05, 0.1) is 18.3 Å². The minimum atomic E-state index is -1.28. The van der Waals surface area contributed by atoms with Gasteiger partial charge in [0.15, 0.2) is 4.84 Å². The van der Waals surface area contributed by atoms with Gasteiger partial charge in [0, 0.05) is 0 Å². The predicted molar refractivity (Wildman–Crippen MR) is 71.3 cm³/mol. The molecule has 0 unspecified atom stereocenters. The molecule has 0 aliphatic carbocycles. The highest BCUT2D eigenvalue weighted by atomic mass is 35.5. The third-order valence-electron chi connectivity index (χ3n) is 2.48. The average Bonchev–Trinajstić information content (AvgIpc) is 2.43. The highest BCUT2D eigenvalue weighted by Crippen LogP contribution is 2.19. The normalized spacial score (nSPS) is 14.0. The first kappa shape index (κ1) is 16.0. The van der Waals surface area contributed by atoms with E-state index in [0.717, 1.165) is 0 Å². The molecule has 5 N–H and O–H groups in total. The molecule has 1 amide bonds. The molecular weight excluding hydrogens is 295 g/mol. The van der Waals surface area contributed by atoms with Crippen LogP contribution >= 0.6 is 23.2 Å². The lowest BCUT2D eigenvalue weighted by molar-refractivity contribution is -0.121. The van der Waals surface area contributed by atoms with Crippen LogP contribution in [0, 0.1) is 0 Å². The molecule has 106 valence electrons. The molecule has 2 atom stereocenters. The molecule has 1 aromatic carbocycles. The lowest BCUT2D eigenvalue weighted by Crippen LogP contribution is -2.44. The highest BCUT2D eigenvalue weighted by Gasteiger charge is 2.24. The number of halogens is 2. The second kappa shape index (κ2) is 7.52. The minimum absolute atomic E-state index is 0.446. The van der Waals surface area contributed by atoms with Gasteiger partial charge < -0.3 is 15.5 Å². The summed E-state index contributed by atoms with van der Waals surface area (Å²) < 4.78 is 0. The summed E-state index contributed by atoms with van der Waals surface area (Å²) in [5, 5.41) is 30.2. The van der Waals surface area contributed by atoms with Gasteiger partial charge in [-0.1, -0.05) is 35.3 Å². The molecule has 0 saturated carbocycles. The molecule has 0 bridgehead atoms. The third kappa shape index (κ3) is 4.52. The number of benzene rings is 1. The molecule has 0 aliphatic rings. The number of carbonyl (C=O) groups is 1. The molecular formula is C11H14Cl2N2O4. The maximum Gasteiger partial charge on any atom is 0.253 e. The van der Waals surface area contributed by atoms with Crippen molar-refractivity contribution in [1.82, 2.24) is 5.32 Å². The van der Waals surface area contributed by atoms with Gasteiger partial charge in [0.25, 0.3) is 5.91 Å². The zero-order valence-corrected chi connectivity index (χ0v) is 11.3. The predicted octanol–water partition coefficient (Wildman–Crippen LogP) is 0.802. The van der Waals surface area contributed by atoms with Crippen molar-refractivity contribution in [2.24, 2.45) is 0 Å². The van der Waals surface area contributed by atoms with Gasteiger partial charge in [0.1, 0.15) is 6.10 Å². The van der Waals surface area contributed by atoms with E-state index in [1.54, 1.807) is 0 Å². The molecule has 0 heterocycles. The number of amides is 1. The zero-order valence-electron chi connectivity index (χ0n) is 9.75. The molecule has 0 aromatic heterocycles. The molecule has 0 radical (unpaired) electrons. The molecule has 8 heteroatoms. The van der Waals surface area contributed by atoms with E-state index >= 15 is 0 Å². The quantitative estimate of drug-likeness (QED) is 0.395. The Morgan fingerprint density at radius 2 is 1.84 bits per heavy atom. The van der Waals surface area contributed by atoms with Gasteiger partial charge in [-0.25, -0.2) is 0 Å². The summed E-state index contributed by atoms with van der Waals surface area (Å²) in [4.78, 5) is 10.0. The van der Waals surface area contributed by atoms with Crippen LogP contribution in [0.3, 0.4) is 0 Å². The summed E-state index contributed by atoms with van der Waals surface area (Å²) in [6.45, 7) is -0.479. The van der Waals surface area contributed by atoms with Crippen molar-refractivity contribution in [1.29, 1.82) is 0 Å². The Morgan fingerprint density at radius 1 is 1.26 bits per heavy atom. The van der Waals surface area contributed by atoms with E-state index in [-0.39, 0.29) is 0 Å². The fraction of sp³-hybridized carbons (Fsp3) is 0.364. The summed E-state index contributed by atoms with van der Waals surface area (Å²) in [6.07, 6.45) is -1.13. The maximum atomic E-state index is 11.3. The van der Waals surface area contributed by atoms with Gasteiger partial charge in [-0.3, -0.25) is 15.5 Å². The molecule has 0 saturated heterocycles. The fourth-order valence-corrected chi connectivity index (χ4v) is 1.58. The molecule has 1 aromatic rings. The number of anilines is 1. The van der Waals surface area contributed by atoms with Crippen molar-refractivity contribution in [3.63, 3.8) is 0 Å². The zero-order chi connectivity index (χ0) is 14.4. The Kier molecular flexibility index (Phi) is 6.33. The summed E-state index contributed by atoms with van der Waals surface area (Å²) in [5.74, 6) is -0.699. The largest absolute Gasteiger partial charge is 0.394 e. The van der Waals surface area contributed by atoms with E-state index < -0.39 is 29.5 Å². The second-order valence-electron chi connectivity index (χ2n) is 3.78. The number of carbonyl (C=O) groups excluding carboxylic acids is 1. The van der Waals surface area contributed by atoms with Crippen LogP contribution in [-0.2, 0) is 4.79 Å². The molecule has 19 heavy (non-hydrogen) atoms. The van der Waals surface area contributed by atoms with Gasteiger partial charge in [0.2, 0.25) is 0 Å². The number of hydrogen-bond donors (Lipinski definition) is 5. The summed E-state index contributed by atoms with van der Waals surface area (Å²) >= 11 is 10.7. The van der Waals surface area contributed by atoms with Crippen molar-refractivity contribution in [3.8, 4) is 0 Å². The Bertz CT molecular complexity index is 414. The van der Waals surface area contributed by atoms with E-state index in [4.69, 9.17) is 28.4 Å². The lowest BCUT2D eigenvalue weighted by Gasteiger charge is -2.23. The number of hydrogen-bond acceptors (Lipinski definition) is 5. The SMILES string of the molecule is O=C(N[C@@H](CO)[C@@H](O)c1ccc(NO)cc1)C(Cl)Cl. The first-order valence-electron chi connectivity index (χ1n) is 5.37. The summed E-state index contributed by atoms with van der Waals surface area (Å²) in [6, 6.07) is 5.20. The molecule has 6 nitrogen and oxygen atoms in total. The van der Waals surface area contributed by atoms with E-state index in [1.807, 2.05) is 5.48 Å². The standard InChI is InChI=1S/C11H14Cl2N2O4/c12-10(13)11(18)14-8(5-16)9(17)6-1-3-7(15-19)4-2-6/h1-4,8-10,15-17,19H,5H2,(H,14,18)/t8-,9-/m0/s1. The lowest BCUT2D eigenvalue weighted by atomic mass is 10.0. The molecule has 0 spiro atoms. The smallest absolute Gasteiger partial charge is 0.253 e. The third-order valence-corrected chi connectivity index (χ3v) is 2.88. The van der Waals surface area contributed by atoms with Crippen LogP contribution in [0.5, 0.6) is 0 Å². The van der Waals surface area contributed by atoms with Gasteiger partial charge in [-0.2, -0.15) is 0 Å². The average molecular weight is 309 g/mol. The van der Waals surface area contributed by atoms with Crippen LogP contribution in [0.25, 0.3) is 0 Å². The van der Waals surface area contributed by atoms with Crippen molar-refractivity contribution >= 4 is 34.8 Å². The van der Waals surface area contributed by atoms with Gasteiger partial charge >= 0.3 is 0 Å². The van der Waals surface area contributed by atoms with Crippen LogP contribution in [0.1, 0.15) is 11.7 Å². The molecule has 0 fully saturated rings. The Morgan fingerprint density at radius 3 is 2.26 bits per heavy atom. The van der Waals surface area contributed by atoms with Crippen LogP contribution in [0.4, 0.5) is 5.69 Å². The topological polar surface area (TPSA) is 102 Å². The number of aliphatic hydroxyl groups excluding tert-OH is 2. The van der Waals surface area contributed by atoms with Gasteiger partial charge in [-0.05, 0) is 17.7 Å². The molecule has 1 rings (SSSR count). The van der Waals surface area contributed by atoms with Crippen molar-refractivity contribution in [2.45, 2.75) is 17.0 Å². The van der Waals surface area contributed by atoms with Crippen LogP contribution in [0.2, 0.25) is 0 Å². The van der Waals surface area contributed by atoms with E-state index in [0.29, 0.717) is 11.3 Å². The summed E-state index contributed by atoms with van der Waals surface area (Å²) in [7, 11) is 0. The maximum absolute atomic E-state index is 11.3. The first-order chi connectivity index (χ1) is 8.99. The van der Waals surface area contributed by atoms with E-state index in [2.05, 4.69) is 5.32 Å². The van der Waals surface area contributed by atoms with Crippen LogP contribution in [-0.4, -0.2) is 38.8 Å². The number of nitrogens with one attached hydrogen (secondary N) is 2. The first-order valence-corrected chi connectivity index (χ1v) is 6.24. The Balaban J connectivity index is 2.76. The van der Waals surface area contributed by atoms with Crippen molar-refractivity contribution < 1.29 is 20.2 Å². The summed E-state index contributed by atoms with van der Waals surface area (Å²) in [5.41, 5.74) is 2.85. The van der Waals surface area contributed by atoms with E-state index in [1.165, 1.54) is 24.3 Å². The van der Waals surface area contributed by atoms with Gasteiger partial charge in [-0.15, -0.1) is 0 Å². The minimum Gasteiger partial charge on any atom is -0.394 e. The Hall–Kier alpha value is -1.05. The highest BCUT2D eigenvalue weighted by molar-refractivity contribution is 6.53. The number of aliphatic hydroxyl groups is 2. The number of alkyl halides is 2. The van der Waals surface area contributed by atoms with E-state index in [9.17, 15) is 15.0 Å². The van der Waals surface area contributed by atoms with Crippen LogP contribution < -0.4 is 10.8 Å². The fourth-order valence-electron chi connectivity index (χ4n) is 1.46. The monoisotopic (exact) mass is 308 g/mol. The molecule has 0 aliphatic heterocycles. The Labute approximate surface area is 119 Å². The van der Waals surface area contributed by atoms with Crippen molar-refractivity contribution in [2.75, 3.05) is 12.1 Å².